The van der Waals surface area contributed by atoms with Gasteiger partial charge in [0, 0.05) is 11.3 Å². The summed E-state index contributed by atoms with van der Waals surface area (Å²) in [5, 5.41) is 8.50. The van der Waals surface area contributed by atoms with E-state index in [0.717, 1.165) is 11.3 Å². The largest absolute Gasteiger partial charge is 0.490 e. The molecule has 3 aromatic rings. The number of fused-ring (bicyclic) bond motifs is 1. The van der Waals surface area contributed by atoms with Crippen LogP contribution in [0.4, 0.5) is 10.3 Å². The molecule has 8 nitrogen and oxygen atoms in total. The first kappa shape index (κ1) is 26.5. The van der Waals surface area contributed by atoms with Crippen LogP contribution in [0.1, 0.15) is 51.3 Å². The van der Waals surface area contributed by atoms with Crippen molar-refractivity contribution in [1.29, 1.82) is 0 Å². The summed E-state index contributed by atoms with van der Waals surface area (Å²) in [6, 6.07) is 11.4. The van der Waals surface area contributed by atoms with Crippen molar-refractivity contribution in [3.05, 3.63) is 70.7 Å². The lowest BCUT2D eigenvalue weighted by molar-refractivity contribution is -0.139. The Morgan fingerprint density at radius 3 is 2.68 bits per heavy atom. The van der Waals surface area contributed by atoms with Gasteiger partial charge in [0.25, 0.3) is 0 Å². The third-order valence-corrected chi connectivity index (χ3v) is 6.41. The van der Waals surface area contributed by atoms with E-state index in [1.165, 1.54) is 17.8 Å². The molecule has 4 rings (SSSR count). The third-order valence-electron chi connectivity index (χ3n) is 5.69. The van der Waals surface area contributed by atoms with E-state index in [1.807, 2.05) is 39.8 Å². The molecule has 1 aromatic heterocycles. The second-order valence-corrected chi connectivity index (χ2v) is 9.55. The van der Waals surface area contributed by atoms with Gasteiger partial charge in [0.2, 0.25) is 11.1 Å². The Labute approximate surface area is 220 Å². The van der Waals surface area contributed by atoms with E-state index in [1.54, 1.807) is 28.9 Å². The zero-order valence-electron chi connectivity index (χ0n) is 21.4. The zero-order valence-corrected chi connectivity index (χ0v) is 22.2. The molecule has 37 heavy (non-hydrogen) atoms. The fourth-order valence-electron chi connectivity index (χ4n) is 4.02. The first-order valence-electron chi connectivity index (χ1n) is 12.3. The number of hydrogen-bond acceptors (Lipinski definition) is 8. The van der Waals surface area contributed by atoms with Gasteiger partial charge < -0.3 is 19.5 Å². The molecule has 0 radical (unpaired) electrons. The summed E-state index contributed by atoms with van der Waals surface area (Å²) in [4.78, 5) is 17.8. The van der Waals surface area contributed by atoms with Crippen LogP contribution in [-0.2, 0) is 16.1 Å². The second kappa shape index (κ2) is 12.1. The van der Waals surface area contributed by atoms with Crippen LogP contribution in [0.3, 0.4) is 0 Å². The number of thioether (sulfide) groups is 1. The van der Waals surface area contributed by atoms with Crippen molar-refractivity contribution >= 4 is 23.7 Å². The van der Waals surface area contributed by atoms with Gasteiger partial charge in [-0.05, 0) is 49.8 Å². The average molecular weight is 527 g/mol. The summed E-state index contributed by atoms with van der Waals surface area (Å²) in [7, 11) is 0. The van der Waals surface area contributed by atoms with Gasteiger partial charge in [-0.2, -0.15) is 4.98 Å². The van der Waals surface area contributed by atoms with Gasteiger partial charge in [-0.15, -0.1) is 5.10 Å². The minimum Gasteiger partial charge on any atom is -0.490 e. The van der Waals surface area contributed by atoms with Crippen LogP contribution in [0, 0.1) is 5.82 Å². The summed E-state index contributed by atoms with van der Waals surface area (Å²) >= 11 is 1.52. The molecule has 10 heteroatoms. The Bertz CT molecular complexity index is 1290. The van der Waals surface area contributed by atoms with Crippen LogP contribution >= 0.6 is 11.8 Å². The molecule has 0 spiro atoms. The highest BCUT2D eigenvalue weighted by Crippen LogP contribution is 2.40. The molecular weight excluding hydrogens is 495 g/mol. The first-order chi connectivity index (χ1) is 18.0. The number of nitrogens with one attached hydrogen (secondary N) is 1. The van der Waals surface area contributed by atoms with Crippen molar-refractivity contribution in [2.75, 3.05) is 24.3 Å². The lowest BCUT2D eigenvalue weighted by Crippen LogP contribution is -2.29. The van der Waals surface area contributed by atoms with E-state index in [9.17, 15) is 9.18 Å². The second-order valence-electron chi connectivity index (χ2n) is 8.32. The van der Waals surface area contributed by atoms with Gasteiger partial charge in [0.1, 0.15) is 18.5 Å². The highest BCUT2D eigenvalue weighted by atomic mass is 32.2. The summed E-state index contributed by atoms with van der Waals surface area (Å²) in [5.74, 6) is 1.57. The van der Waals surface area contributed by atoms with E-state index < -0.39 is 12.0 Å². The highest BCUT2D eigenvalue weighted by Gasteiger charge is 2.35. The van der Waals surface area contributed by atoms with Crippen molar-refractivity contribution in [2.45, 2.75) is 51.9 Å². The molecule has 1 aliphatic heterocycles. The van der Waals surface area contributed by atoms with Crippen molar-refractivity contribution in [2.24, 2.45) is 0 Å². The maximum Gasteiger partial charge on any atom is 0.338 e. The summed E-state index contributed by atoms with van der Waals surface area (Å²) < 4.78 is 33.2. The lowest BCUT2D eigenvalue weighted by Gasteiger charge is -2.28. The van der Waals surface area contributed by atoms with Crippen molar-refractivity contribution < 1.29 is 23.4 Å². The van der Waals surface area contributed by atoms with E-state index in [-0.39, 0.29) is 12.4 Å². The van der Waals surface area contributed by atoms with E-state index in [2.05, 4.69) is 15.4 Å². The van der Waals surface area contributed by atoms with Crippen molar-refractivity contribution in [3.8, 4) is 11.5 Å². The van der Waals surface area contributed by atoms with Gasteiger partial charge in [-0.3, -0.25) is 0 Å². The maximum absolute atomic E-state index is 14.1. The number of carbonyl (C=O) groups is 1. The quantitative estimate of drug-likeness (QED) is 0.250. The van der Waals surface area contributed by atoms with Crippen molar-refractivity contribution in [3.63, 3.8) is 0 Å². The molecule has 0 saturated carbocycles. The first-order valence-corrected chi connectivity index (χ1v) is 13.3. The van der Waals surface area contributed by atoms with Crippen LogP contribution < -0.4 is 14.8 Å². The molecule has 1 atom stereocenters. The normalized spacial score (nSPS) is 14.7. The number of esters is 1. The number of ether oxygens (including phenoxy) is 3. The number of aromatic nitrogens is 3. The monoisotopic (exact) mass is 526 g/mol. The molecule has 0 amide bonds. The molecule has 2 heterocycles. The Hall–Kier alpha value is -3.53. The zero-order chi connectivity index (χ0) is 26.4. The number of allylic oxidation sites excluding steroid dienone is 1. The topological polar surface area (TPSA) is 87.5 Å². The molecule has 196 valence electrons. The molecule has 0 fully saturated rings. The SMILES string of the molecule is CCCOC(=O)C1=C(C)Nc2nc(SCC)nn2C1c1ccc(OCc2ccccc2F)c(OCC)c1. The highest BCUT2D eigenvalue weighted by molar-refractivity contribution is 7.99. The fourth-order valence-corrected chi connectivity index (χ4v) is 4.57. The fraction of sp³-hybridized carbons (Fsp3) is 0.370. The molecule has 0 saturated heterocycles. The summed E-state index contributed by atoms with van der Waals surface area (Å²) in [5.41, 5.74) is 2.29. The van der Waals surface area contributed by atoms with Gasteiger partial charge in [-0.1, -0.05) is 49.9 Å². The summed E-state index contributed by atoms with van der Waals surface area (Å²) in [6.07, 6.45) is 0.713. The smallest absolute Gasteiger partial charge is 0.338 e. The Morgan fingerprint density at radius 1 is 1.14 bits per heavy atom. The maximum atomic E-state index is 14.1. The van der Waals surface area contributed by atoms with Crippen molar-refractivity contribution in [1.82, 2.24) is 14.8 Å². The summed E-state index contributed by atoms with van der Waals surface area (Å²) in [6.45, 7) is 8.45. The molecular formula is C27H31FN4O4S. The minimum absolute atomic E-state index is 0.0534. The molecule has 0 aliphatic carbocycles. The van der Waals surface area contributed by atoms with E-state index >= 15 is 0 Å². The predicted octanol–water partition coefficient (Wildman–Crippen LogP) is 5.75. The number of anilines is 1. The number of carbonyl (C=O) groups excluding carboxylic acids is 1. The number of benzene rings is 2. The number of nitrogens with zero attached hydrogens (tertiary/aromatic N) is 3. The lowest BCUT2D eigenvalue weighted by atomic mass is 9.95. The van der Waals surface area contributed by atoms with Gasteiger partial charge >= 0.3 is 5.97 Å². The van der Waals surface area contributed by atoms with Gasteiger partial charge in [0.05, 0.1) is 18.8 Å². The molecule has 0 bridgehead atoms. The molecule has 2 aromatic carbocycles. The van der Waals surface area contributed by atoms with Gasteiger partial charge in [0.15, 0.2) is 11.5 Å². The Kier molecular flexibility index (Phi) is 8.70. The average Bonchev–Trinajstić information content (AvgIpc) is 3.28. The predicted molar refractivity (Wildman–Crippen MR) is 140 cm³/mol. The van der Waals surface area contributed by atoms with E-state index in [4.69, 9.17) is 14.2 Å². The third kappa shape index (κ3) is 5.90. The van der Waals surface area contributed by atoms with E-state index in [0.29, 0.717) is 59.1 Å². The molecule has 1 aliphatic rings. The van der Waals surface area contributed by atoms with Crippen LogP contribution in [0.25, 0.3) is 0 Å². The standard InChI is InChI=1S/C27H31FN4O4S/c1-5-14-35-25(33)23-17(4)29-26-30-27(37-7-3)31-32(26)24(23)18-12-13-21(22(15-18)34-6-2)36-16-19-10-8-9-11-20(19)28/h8-13,15,24H,5-7,14,16H2,1-4H3,(H,29,30,31). The Morgan fingerprint density at radius 2 is 1.95 bits per heavy atom. The minimum atomic E-state index is -0.584. The van der Waals surface area contributed by atoms with Crippen LogP contribution in [-0.4, -0.2) is 39.7 Å². The van der Waals surface area contributed by atoms with Crippen LogP contribution in [0.15, 0.2) is 58.9 Å². The number of halogens is 1. The molecule has 1 unspecified atom stereocenters. The number of hydrogen-bond donors (Lipinski definition) is 1. The molecule has 1 N–H and O–H groups in total. The van der Waals surface area contributed by atoms with Crippen LogP contribution in [0.2, 0.25) is 0 Å². The van der Waals surface area contributed by atoms with Crippen LogP contribution in [0.5, 0.6) is 11.5 Å². The number of rotatable bonds is 11. The van der Waals surface area contributed by atoms with Gasteiger partial charge in [-0.25, -0.2) is 13.9 Å². The Balaban J connectivity index is 1.73.